The minimum absolute atomic E-state index is 0.0355. The molecule has 0 bridgehead atoms. The van der Waals surface area contributed by atoms with Gasteiger partial charge in [-0.05, 0) is 18.6 Å². The monoisotopic (exact) mass is 303 g/mol. The maximum absolute atomic E-state index is 12.2. The number of nitrogens with one attached hydrogen (secondary N) is 1. The molecule has 1 N–H and O–H groups in total. The average Bonchev–Trinajstić information content (AvgIpc) is 2.39. The van der Waals surface area contributed by atoms with Crippen molar-refractivity contribution in [2.75, 3.05) is 5.32 Å². The predicted molar refractivity (Wildman–Crippen MR) is 75.1 cm³/mol. The highest BCUT2D eigenvalue weighted by Crippen LogP contribution is 2.30. The molecule has 118 valence electrons. The van der Waals surface area contributed by atoms with E-state index in [1.165, 1.54) is 18.2 Å². The average molecular weight is 303 g/mol. The molecule has 0 aliphatic carbocycles. The highest BCUT2D eigenvalue weighted by atomic mass is 19.4. The van der Waals surface area contributed by atoms with E-state index in [1.807, 2.05) is 0 Å². The van der Waals surface area contributed by atoms with E-state index in [4.69, 9.17) is 0 Å². The van der Waals surface area contributed by atoms with Gasteiger partial charge in [0.05, 0.1) is 5.69 Å². The van der Waals surface area contributed by atoms with Crippen molar-refractivity contribution in [3.05, 3.63) is 24.3 Å². The Morgan fingerprint density at radius 3 is 2.48 bits per heavy atom. The molecule has 0 atom stereocenters. The summed E-state index contributed by atoms with van der Waals surface area (Å²) in [7, 11) is 0. The second-order valence-corrected chi connectivity index (χ2v) is 4.76. The van der Waals surface area contributed by atoms with E-state index in [9.17, 15) is 18.0 Å². The van der Waals surface area contributed by atoms with Crippen molar-refractivity contribution < 1.29 is 22.7 Å². The third kappa shape index (κ3) is 7.58. The minimum Gasteiger partial charge on any atom is -0.404 e. The van der Waals surface area contributed by atoms with E-state index >= 15 is 0 Å². The van der Waals surface area contributed by atoms with Crippen LogP contribution >= 0.6 is 0 Å². The van der Waals surface area contributed by atoms with Crippen molar-refractivity contribution in [2.45, 2.75) is 51.8 Å². The van der Waals surface area contributed by atoms with Gasteiger partial charge in [-0.15, -0.1) is 13.2 Å². The Kier molecular flexibility index (Phi) is 7.05. The molecule has 0 aliphatic rings. The molecule has 0 aliphatic heterocycles. The van der Waals surface area contributed by atoms with E-state index < -0.39 is 12.1 Å². The minimum atomic E-state index is -4.78. The molecule has 0 saturated carbocycles. The molecule has 1 rings (SSSR count). The number of alkyl halides is 3. The van der Waals surface area contributed by atoms with Gasteiger partial charge in [0.25, 0.3) is 0 Å². The first-order valence-corrected chi connectivity index (χ1v) is 7.07. The van der Waals surface area contributed by atoms with Gasteiger partial charge in [-0.2, -0.15) is 0 Å². The molecule has 0 unspecified atom stereocenters. The lowest BCUT2D eigenvalue weighted by Crippen LogP contribution is -2.19. The van der Waals surface area contributed by atoms with Gasteiger partial charge in [0, 0.05) is 6.42 Å². The molecule has 3 nitrogen and oxygen atoms in total. The van der Waals surface area contributed by atoms with Crippen LogP contribution < -0.4 is 10.1 Å². The molecule has 0 fully saturated rings. The Bertz CT molecular complexity index is 447. The summed E-state index contributed by atoms with van der Waals surface area (Å²) >= 11 is 0. The molecule has 6 heteroatoms. The van der Waals surface area contributed by atoms with Crippen LogP contribution in [0.4, 0.5) is 18.9 Å². The first-order chi connectivity index (χ1) is 9.92. The van der Waals surface area contributed by atoms with Crippen molar-refractivity contribution in [1.29, 1.82) is 0 Å². The fourth-order valence-corrected chi connectivity index (χ4v) is 1.89. The van der Waals surface area contributed by atoms with Gasteiger partial charge in [-0.1, -0.05) is 44.7 Å². The quantitative estimate of drug-likeness (QED) is 0.695. The Labute approximate surface area is 122 Å². The molecule has 0 spiro atoms. The highest BCUT2D eigenvalue weighted by Gasteiger charge is 2.32. The van der Waals surface area contributed by atoms with Crippen LogP contribution in [0.2, 0.25) is 0 Å². The first kappa shape index (κ1) is 17.3. The summed E-state index contributed by atoms with van der Waals surface area (Å²) < 4.78 is 40.6. The number of hydrogen-bond acceptors (Lipinski definition) is 2. The van der Waals surface area contributed by atoms with Gasteiger partial charge in [-0.25, -0.2) is 0 Å². The number of benzene rings is 1. The summed E-state index contributed by atoms with van der Waals surface area (Å²) in [5, 5.41) is 2.46. The van der Waals surface area contributed by atoms with Gasteiger partial charge < -0.3 is 10.1 Å². The lowest BCUT2D eigenvalue weighted by molar-refractivity contribution is -0.274. The Morgan fingerprint density at radius 2 is 1.81 bits per heavy atom. The number of anilines is 1. The van der Waals surface area contributed by atoms with E-state index in [1.54, 1.807) is 6.07 Å². The van der Waals surface area contributed by atoms with Gasteiger partial charge in [-0.3, -0.25) is 4.79 Å². The number of ether oxygens (including phenoxy) is 1. The van der Waals surface area contributed by atoms with E-state index in [0.717, 1.165) is 32.1 Å². The zero-order chi connectivity index (χ0) is 15.7. The number of halogens is 3. The maximum Gasteiger partial charge on any atom is 0.573 e. The first-order valence-electron chi connectivity index (χ1n) is 7.07. The van der Waals surface area contributed by atoms with Crippen LogP contribution in [0.1, 0.15) is 45.4 Å². The van der Waals surface area contributed by atoms with E-state index in [-0.39, 0.29) is 11.6 Å². The van der Waals surface area contributed by atoms with Crippen LogP contribution in [-0.2, 0) is 4.79 Å². The second kappa shape index (κ2) is 8.54. The highest BCUT2D eigenvalue weighted by molar-refractivity contribution is 5.92. The van der Waals surface area contributed by atoms with Gasteiger partial charge in [0.2, 0.25) is 5.91 Å². The second-order valence-electron chi connectivity index (χ2n) is 4.76. The molecule has 0 saturated heterocycles. The fraction of sp³-hybridized carbons (Fsp3) is 0.533. The number of hydrogen-bond donors (Lipinski definition) is 1. The van der Waals surface area contributed by atoms with Crippen LogP contribution in [-0.4, -0.2) is 12.3 Å². The lowest BCUT2D eigenvalue weighted by atomic mass is 10.1. The molecule has 0 aromatic heterocycles. The summed E-state index contributed by atoms with van der Waals surface area (Å²) in [5.41, 5.74) is 0.0355. The maximum atomic E-state index is 12.2. The molecule has 1 aromatic rings. The molecule has 1 amide bonds. The summed E-state index contributed by atoms with van der Waals surface area (Å²) in [6.45, 7) is 2.10. The topological polar surface area (TPSA) is 38.3 Å². The smallest absolute Gasteiger partial charge is 0.404 e. The van der Waals surface area contributed by atoms with E-state index in [2.05, 4.69) is 17.0 Å². The standard InChI is InChI=1S/C15H20F3NO2/c1-2-3-4-5-6-11-14(20)19-12-9-7-8-10-13(12)21-15(16,17)18/h7-10H,2-6,11H2,1H3,(H,19,20). The number of carbonyl (C=O) groups excluding carboxylic acids is 1. The summed E-state index contributed by atoms with van der Waals surface area (Å²) in [5.74, 6) is -0.700. The Morgan fingerprint density at radius 1 is 1.14 bits per heavy atom. The molecule has 1 aromatic carbocycles. The van der Waals surface area contributed by atoms with Crippen molar-refractivity contribution in [2.24, 2.45) is 0 Å². The Balaban J connectivity index is 2.48. The number of unbranched alkanes of at least 4 members (excludes halogenated alkanes) is 4. The molecule has 0 heterocycles. The predicted octanol–water partition coefficient (Wildman–Crippen LogP) is 4.88. The number of amides is 1. The summed E-state index contributed by atoms with van der Waals surface area (Å²) in [4.78, 5) is 11.7. The van der Waals surface area contributed by atoms with Crippen molar-refractivity contribution in [3.63, 3.8) is 0 Å². The van der Waals surface area contributed by atoms with Crippen molar-refractivity contribution in [1.82, 2.24) is 0 Å². The zero-order valence-electron chi connectivity index (χ0n) is 12.0. The van der Waals surface area contributed by atoms with Crippen molar-refractivity contribution in [3.8, 4) is 5.75 Å². The third-order valence-corrected chi connectivity index (χ3v) is 2.89. The summed E-state index contributed by atoms with van der Waals surface area (Å²) in [6.07, 6.45) is 0.511. The Hall–Kier alpha value is -1.72. The van der Waals surface area contributed by atoms with Crippen LogP contribution in [0.15, 0.2) is 24.3 Å². The van der Waals surface area contributed by atoms with Gasteiger partial charge in [0.1, 0.15) is 0 Å². The van der Waals surface area contributed by atoms with Crippen molar-refractivity contribution >= 4 is 11.6 Å². The fourth-order valence-electron chi connectivity index (χ4n) is 1.89. The number of carbonyl (C=O) groups is 1. The lowest BCUT2D eigenvalue weighted by Gasteiger charge is -2.13. The normalized spacial score (nSPS) is 11.2. The van der Waals surface area contributed by atoms with E-state index in [0.29, 0.717) is 6.42 Å². The molecular formula is C15H20F3NO2. The summed E-state index contributed by atoms with van der Waals surface area (Å²) in [6, 6.07) is 5.52. The molecule has 0 radical (unpaired) electrons. The number of rotatable bonds is 8. The van der Waals surface area contributed by atoms with Crippen LogP contribution in [0.5, 0.6) is 5.75 Å². The third-order valence-electron chi connectivity index (χ3n) is 2.89. The van der Waals surface area contributed by atoms with Gasteiger partial charge in [0.15, 0.2) is 5.75 Å². The van der Waals surface area contributed by atoms with Gasteiger partial charge >= 0.3 is 6.36 Å². The largest absolute Gasteiger partial charge is 0.573 e. The SMILES string of the molecule is CCCCCCCC(=O)Nc1ccccc1OC(F)(F)F. The van der Waals surface area contributed by atoms with Crippen LogP contribution in [0.25, 0.3) is 0 Å². The number of para-hydroxylation sites is 2. The molecule has 21 heavy (non-hydrogen) atoms. The zero-order valence-corrected chi connectivity index (χ0v) is 12.0. The molecular weight excluding hydrogens is 283 g/mol. The van der Waals surface area contributed by atoms with Crippen LogP contribution in [0.3, 0.4) is 0 Å². The van der Waals surface area contributed by atoms with Crippen LogP contribution in [0, 0.1) is 0 Å².